The van der Waals surface area contributed by atoms with Gasteiger partial charge in [0.25, 0.3) is 0 Å². The number of hydrogen-bond acceptors (Lipinski definition) is 5. The summed E-state index contributed by atoms with van der Waals surface area (Å²) in [5, 5.41) is 4.15. The largest absolute Gasteiger partial charge is 0.381 e. The van der Waals surface area contributed by atoms with Gasteiger partial charge in [0.2, 0.25) is 5.89 Å². The van der Waals surface area contributed by atoms with Gasteiger partial charge < -0.3 is 15.0 Å². The minimum atomic E-state index is 0.224. The summed E-state index contributed by atoms with van der Waals surface area (Å²) in [6.07, 6.45) is 5.79. The van der Waals surface area contributed by atoms with Crippen LogP contribution in [0, 0.1) is 17.8 Å². The predicted octanol–water partition coefficient (Wildman–Crippen LogP) is 1.49. The van der Waals surface area contributed by atoms with Crippen molar-refractivity contribution in [1.29, 1.82) is 0 Å². The van der Waals surface area contributed by atoms with Crippen LogP contribution < -0.4 is 5.73 Å². The molecule has 5 unspecified atom stereocenters. The molecule has 3 aliphatic rings. The van der Waals surface area contributed by atoms with Gasteiger partial charge in [-0.25, -0.2) is 0 Å². The smallest absolute Gasteiger partial charge is 0.231 e. The summed E-state index contributed by atoms with van der Waals surface area (Å²) in [7, 11) is 0. The van der Waals surface area contributed by atoms with E-state index in [1.807, 2.05) is 0 Å². The van der Waals surface area contributed by atoms with Crippen LogP contribution in [0.5, 0.6) is 0 Å². The number of aromatic nitrogens is 2. The molecule has 2 N–H and O–H groups in total. The van der Waals surface area contributed by atoms with Gasteiger partial charge in [0.15, 0.2) is 5.82 Å². The zero-order chi connectivity index (χ0) is 12.8. The van der Waals surface area contributed by atoms with Crippen molar-refractivity contribution in [3.63, 3.8) is 0 Å². The van der Waals surface area contributed by atoms with E-state index in [2.05, 4.69) is 10.1 Å². The van der Waals surface area contributed by atoms with E-state index >= 15 is 0 Å². The second kappa shape index (κ2) is 4.56. The first-order chi connectivity index (χ1) is 9.31. The van der Waals surface area contributed by atoms with E-state index in [1.165, 1.54) is 19.3 Å². The van der Waals surface area contributed by atoms with Gasteiger partial charge in [0.05, 0.1) is 5.92 Å². The molecule has 4 rings (SSSR count). The highest BCUT2D eigenvalue weighted by Gasteiger charge is 2.48. The van der Waals surface area contributed by atoms with Gasteiger partial charge in [-0.3, -0.25) is 0 Å². The summed E-state index contributed by atoms with van der Waals surface area (Å²) in [4.78, 5) is 4.61. The Hall–Kier alpha value is -0.940. The molecule has 5 nitrogen and oxygen atoms in total. The maximum Gasteiger partial charge on any atom is 0.231 e. The molecule has 1 aromatic heterocycles. The highest BCUT2D eigenvalue weighted by atomic mass is 16.5. The lowest BCUT2D eigenvalue weighted by Gasteiger charge is -2.24. The molecule has 0 spiro atoms. The summed E-state index contributed by atoms with van der Waals surface area (Å²) in [6.45, 7) is 1.70. The molecular formula is C14H21N3O2. The van der Waals surface area contributed by atoms with Crippen LogP contribution in [-0.4, -0.2) is 29.4 Å². The summed E-state index contributed by atoms with van der Waals surface area (Å²) < 4.78 is 10.9. The molecule has 19 heavy (non-hydrogen) atoms. The first-order valence-corrected chi connectivity index (χ1v) is 7.47. The highest BCUT2D eigenvalue weighted by Crippen LogP contribution is 2.51. The highest BCUT2D eigenvalue weighted by molar-refractivity contribution is 5.11. The van der Waals surface area contributed by atoms with Gasteiger partial charge in [-0.1, -0.05) is 5.16 Å². The first kappa shape index (κ1) is 11.9. The van der Waals surface area contributed by atoms with Crippen LogP contribution in [-0.2, 0) is 11.2 Å². The average Bonchev–Trinajstić information content (AvgIpc) is 3.13. The summed E-state index contributed by atoms with van der Waals surface area (Å²) in [5.74, 6) is 3.82. The van der Waals surface area contributed by atoms with Crippen molar-refractivity contribution in [2.75, 3.05) is 13.2 Å². The molecule has 104 valence electrons. The molecule has 0 aromatic carbocycles. The molecule has 0 radical (unpaired) electrons. The van der Waals surface area contributed by atoms with Gasteiger partial charge in [0, 0.05) is 25.7 Å². The maximum atomic E-state index is 6.32. The SMILES string of the molecule is NC1C2CCC(C2)C1c1nc(CC2CCOC2)no1. The molecule has 5 atom stereocenters. The molecule has 1 aliphatic heterocycles. The number of hydrogen-bond donors (Lipinski definition) is 1. The molecule has 2 saturated carbocycles. The Labute approximate surface area is 112 Å². The van der Waals surface area contributed by atoms with Crippen LogP contribution in [0.1, 0.15) is 43.3 Å². The van der Waals surface area contributed by atoms with Crippen molar-refractivity contribution < 1.29 is 9.26 Å². The van der Waals surface area contributed by atoms with Crippen LogP contribution in [0.2, 0.25) is 0 Å². The lowest BCUT2D eigenvalue weighted by molar-refractivity contribution is 0.185. The minimum Gasteiger partial charge on any atom is -0.381 e. The summed E-state index contributed by atoms with van der Waals surface area (Å²) >= 11 is 0. The van der Waals surface area contributed by atoms with Crippen molar-refractivity contribution in [3.05, 3.63) is 11.7 Å². The van der Waals surface area contributed by atoms with Gasteiger partial charge in [-0.2, -0.15) is 4.98 Å². The average molecular weight is 263 g/mol. The Morgan fingerprint density at radius 3 is 2.84 bits per heavy atom. The molecular weight excluding hydrogens is 242 g/mol. The van der Waals surface area contributed by atoms with E-state index in [4.69, 9.17) is 15.0 Å². The molecule has 2 aliphatic carbocycles. The van der Waals surface area contributed by atoms with E-state index in [1.54, 1.807) is 0 Å². The normalized spacial score (nSPS) is 41.2. The van der Waals surface area contributed by atoms with Gasteiger partial charge in [-0.05, 0) is 43.4 Å². The Balaban J connectivity index is 1.48. The lowest BCUT2D eigenvalue weighted by Crippen LogP contribution is -2.34. The third-order valence-corrected chi connectivity index (χ3v) is 5.24. The van der Waals surface area contributed by atoms with Crippen molar-refractivity contribution in [2.24, 2.45) is 23.5 Å². The Bertz CT molecular complexity index is 453. The Morgan fingerprint density at radius 1 is 1.21 bits per heavy atom. The molecule has 1 saturated heterocycles. The molecule has 3 fully saturated rings. The van der Waals surface area contributed by atoms with Crippen LogP contribution in [0.15, 0.2) is 4.52 Å². The topological polar surface area (TPSA) is 74.2 Å². The van der Waals surface area contributed by atoms with Crippen molar-refractivity contribution in [2.45, 2.75) is 44.1 Å². The van der Waals surface area contributed by atoms with Crippen LogP contribution in [0.3, 0.4) is 0 Å². The van der Waals surface area contributed by atoms with Gasteiger partial charge in [-0.15, -0.1) is 0 Å². The third kappa shape index (κ3) is 1.99. The monoisotopic (exact) mass is 263 g/mol. The third-order valence-electron chi connectivity index (χ3n) is 5.24. The van der Waals surface area contributed by atoms with E-state index in [0.29, 0.717) is 23.7 Å². The summed E-state index contributed by atoms with van der Waals surface area (Å²) in [6, 6.07) is 0.224. The fourth-order valence-corrected chi connectivity index (χ4v) is 4.19. The number of nitrogens with two attached hydrogens (primary N) is 1. The molecule has 1 aromatic rings. The molecule has 5 heteroatoms. The Kier molecular flexibility index (Phi) is 2.84. The van der Waals surface area contributed by atoms with Crippen LogP contribution >= 0.6 is 0 Å². The fraction of sp³-hybridized carbons (Fsp3) is 0.857. The van der Waals surface area contributed by atoms with Gasteiger partial charge in [0.1, 0.15) is 0 Å². The van der Waals surface area contributed by atoms with Gasteiger partial charge >= 0.3 is 0 Å². The second-order valence-electron chi connectivity index (χ2n) is 6.42. The number of ether oxygens (including phenoxy) is 1. The van der Waals surface area contributed by atoms with Crippen molar-refractivity contribution >= 4 is 0 Å². The second-order valence-corrected chi connectivity index (χ2v) is 6.42. The predicted molar refractivity (Wildman–Crippen MR) is 68.5 cm³/mol. The Morgan fingerprint density at radius 2 is 2.11 bits per heavy atom. The zero-order valence-electron chi connectivity index (χ0n) is 11.1. The number of fused-ring (bicyclic) bond motifs is 2. The maximum absolute atomic E-state index is 6.32. The van der Waals surface area contributed by atoms with E-state index in [9.17, 15) is 0 Å². The van der Waals surface area contributed by atoms with Crippen molar-refractivity contribution in [3.8, 4) is 0 Å². The molecule has 2 heterocycles. The van der Waals surface area contributed by atoms with E-state index in [-0.39, 0.29) is 6.04 Å². The van der Waals surface area contributed by atoms with Crippen LogP contribution in [0.4, 0.5) is 0 Å². The number of nitrogens with zero attached hydrogens (tertiary/aromatic N) is 2. The van der Waals surface area contributed by atoms with Crippen LogP contribution in [0.25, 0.3) is 0 Å². The fourth-order valence-electron chi connectivity index (χ4n) is 4.19. The zero-order valence-corrected chi connectivity index (χ0v) is 11.1. The standard InChI is InChI=1S/C14H21N3O2/c15-13-10-2-1-9(6-10)12(13)14-16-11(17-19-14)5-8-3-4-18-7-8/h8-10,12-13H,1-7,15H2. The van der Waals surface area contributed by atoms with E-state index < -0.39 is 0 Å². The van der Waals surface area contributed by atoms with E-state index in [0.717, 1.165) is 37.8 Å². The molecule has 2 bridgehead atoms. The number of rotatable bonds is 3. The molecule has 0 amide bonds. The van der Waals surface area contributed by atoms with Crippen molar-refractivity contribution in [1.82, 2.24) is 10.1 Å². The minimum absolute atomic E-state index is 0.224. The lowest BCUT2D eigenvalue weighted by atomic mass is 9.85. The quantitative estimate of drug-likeness (QED) is 0.894. The summed E-state index contributed by atoms with van der Waals surface area (Å²) in [5.41, 5.74) is 6.32. The first-order valence-electron chi connectivity index (χ1n) is 7.47.